The van der Waals surface area contributed by atoms with Crippen LogP contribution < -0.4 is 15.4 Å². The van der Waals surface area contributed by atoms with E-state index in [0.29, 0.717) is 11.3 Å². The van der Waals surface area contributed by atoms with Crippen LogP contribution in [0.25, 0.3) is 10.8 Å². The molecular weight excluding hydrogens is 376 g/mol. The van der Waals surface area contributed by atoms with Gasteiger partial charge in [-0.1, -0.05) is 56.3 Å². The van der Waals surface area contributed by atoms with E-state index in [1.165, 1.54) is 0 Å². The number of fused-ring (bicyclic) bond motifs is 1. The van der Waals surface area contributed by atoms with Crippen LogP contribution in [0.4, 0.5) is 0 Å². The van der Waals surface area contributed by atoms with Crippen molar-refractivity contribution < 1.29 is 14.3 Å². The van der Waals surface area contributed by atoms with E-state index in [1.54, 1.807) is 31.4 Å². The number of amides is 2. The molecule has 0 heterocycles. The summed E-state index contributed by atoms with van der Waals surface area (Å²) in [5.41, 5.74) is 1.53. The highest BCUT2D eigenvalue weighted by Crippen LogP contribution is 2.24. The molecular formula is C25H28N2O3. The van der Waals surface area contributed by atoms with Gasteiger partial charge in [-0.15, -0.1) is 0 Å². The van der Waals surface area contributed by atoms with Crippen molar-refractivity contribution in [3.05, 3.63) is 77.9 Å². The third-order valence-electron chi connectivity index (χ3n) is 5.24. The molecule has 0 fully saturated rings. The Hall–Kier alpha value is -3.34. The van der Waals surface area contributed by atoms with Crippen molar-refractivity contribution >= 4 is 22.6 Å². The Labute approximate surface area is 177 Å². The first kappa shape index (κ1) is 21.4. The number of hydrogen-bond donors (Lipinski definition) is 2. The highest BCUT2D eigenvalue weighted by molar-refractivity contribution is 5.98. The van der Waals surface area contributed by atoms with Crippen LogP contribution in [-0.4, -0.2) is 25.0 Å². The van der Waals surface area contributed by atoms with Gasteiger partial charge in [0.25, 0.3) is 5.91 Å². The van der Waals surface area contributed by atoms with Crippen molar-refractivity contribution in [1.82, 2.24) is 10.6 Å². The summed E-state index contributed by atoms with van der Waals surface area (Å²) in [7, 11) is 1.57. The van der Waals surface area contributed by atoms with Gasteiger partial charge in [0.2, 0.25) is 5.91 Å². The smallest absolute Gasteiger partial charge is 0.251 e. The molecule has 2 atom stereocenters. The van der Waals surface area contributed by atoms with Gasteiger partial charge in [0.05, 0.1) is 13.2 Å². The van der Waals surface area contributed by atoms with Gasteiger partial charge in [-0.3, -0.25) is 9.59 Å². The maximum Gasteiger partial charge on any atom is 0.251 e. The molecule has 2 amide bonds. The van der Waals surface area contributed by atoms with Crippen LogP contribution in [0.2, 0.25) is 0 Å². The van der Waals surface area contributed by atoms with Gasteiger partial charge < -0.3 is 15.4 Å². The van der Waals surface area contributed by atoms with Crippen molar-refractivity contribution in [3.63, 3.8) is 0 Å². The topological polar surface area (TPSA) is 67.4 Å². The van der Waals surface area contributed by atoms with E-state index in [1.807, 2.05) is 45.0 Å². The number of hydrogen-bond acceptors (Lipinski definition) is 3. The fourth-order valence-electron chi connectivity index (χ4n) is 3.51. The molecule has 5 heteroatoms. The molecule has 2 unspecified atom stereocenters. The van der Waals surface area contributed by atoms with Crippen molar-refractivity contribution in [2.75, 3.05) is 7.11 Å². The first-order chi connectivity index (χ1) is 14.4. The highest BCUT2D eigenvalue weighted by Gasteiger charge is 2.26. The molecule has 3 aromatic rings. The third kappa shape index (κ3) is 4.79. The zero-order valence-corrected chi connectivity index (χ0v) is 17.8. The Morgan fingerprint density at radius 2 is 1.50 bits per heavy atom. The molecule has 5 nitrogen and oxygen atoms in total. The van der Waals surface area contributed by atoms with Gasteiger partial charge >= 0.3 is 0 Å². The molecule has 3 aromatic carbocycles. The molecule has 0 aliphatic carbocycles. The maximum absolute atomic E-state index is 13.0. The molecule has 0 saturated carbocycles. The van der Waals surface area contributed by atoms with Crippen LogP contribution >= 0.6 is 0 Å². The average Bonchev–Trinajstić information content (AvgIpc) is 2.76. The van der Waals surface area contributed by atoms with Gasteiger partial charge in [-0.2, -0.15) is 0 Å². The second-order valence-electron chi connectivity index (χ2n) is 7.72. The van der Waals surface area contributed by atoms with Gasteiger partial charge in [0.1, 0.15) is 11.8 Å². The number of rotatable bonds is 7. The van der Waals surface area contributed by atoms with Crippen LogP contribution in [0.15, 0.2) is 66.7 Å². The summed E-state index contributed by atoms with van der Waals surface area (Å²) in [5, 5.41) is 8.18. The largest absolute Gasteiger partial charge is 0.497 e. The minimum Gasteiger partial charge on any atom is -0.497 e. The van der Waals surface area contributed by atoms with E-state index in [4.69, 9.17) is 4.74 Å². The fourth-order valence-corrected chi connectivity index (χ4v) is 3.51. The van der Waals surface area contributed by atoms with E-state index in [0.717, 1.165) is 16.3 Å². The van der Waals surface area contributed by atoms with E-state index in [2.05, 4.69) is 28.8 Å². The predicted octanol–water partition coefficient (Wildman–Crippen LogP) is 4.48. The Morgan fingerprint density at radius 1 is 0.833 bits per heavy atom. The Balaban J connectivity index is 1.74. The molecule has 2 N–H and O–H groups in total. The first-order valence-electron chi connectivity index (χ1n) is 10.1. The molecule has 30 heavy (non-hydrogen) atoms. The minimum atomic E-state index is -0.642. The van der Waals surface area contributed by atoms with Gasteiger partial charge in [0.15, 0.2) is 0 Å². The van der Waals surface area contributed by atoms with Gasteiger partial charge in [-0.05, 0) is 53.4 Å². The monoisotopic (exact) mass is 404 g/mol. The SMILES string of the molecule is COc1ccc(C(=O)NC(C(=O)NC(C)c2cccc3ccccc23)C(C)C)cc1. The summed E-state index contributed by atoms with van der Waals surface area (Å²) in [6.45, 7) is 5.80. The third-order valence-corrected chi connectivity index (χ3v) is 5.24. The molecule has 0 spiro atoms. The zero-order valence-electron chi connectivity index (χ0n) is 17.8. The zero-order chi connectivity index (χ0) is 21.7. The molecule has 0 aromatic heterocycles. The number of benzene rings is 3. The van der Waals surface area contributed by atoms with Crippen molar-refractivity contribution in [1.29, 1.82) is 0 Å². The first-order valence-corrected chi connectivity index (χ1v) is 10.1. The molecule has 0 aliphatic rings. The van der Waals surface area contributed by atoms with Gasteiger partial charge in [0, 0.05) is 5.56 Å². The van der Waals surface area contributed by atoms with Crippen molar-refractivity contribution in [3.8, 4) is 5.75 Å². The molecule has 0 radical (unpaired) electrons. The lowest BCUT2D eigenvalue weighted by Crippen LogP contribution is -2.50. The normalized spacial score (nSPS) is 13.0. The van der Waals surface area contributed by atoms with E-state index < -0.39 is 6.04 Å². The lowest BCUT2D eigenvalue weighted by Gasteiger charge is -2.25. The molecule has 156 valence electrons. The van der Waals surface area contributed by atoms with E-state index in [-0.39, 0.29) is 23.8 Å². The van der Waals surface area contributed by atoms with Crippen molar-refractivity contribution in [2.45, 2.75) is 32.9 Å². The second kappa shape index (κ2) is 9.44. The average molecular weight is 405 g/mol. The lowest BCUT2D eigenvalue weighted by atomic mass is 9.98. The van der Waals surface area contributed by atoms with Crippen LogP contribution in [0.1, 0.15) is 42.7 Å². The number of carbonyl (C=O) groups is 2. The fraction of sp³-hybridized carbons (Fsp3) is 0.280. The van der Waals surface area contributed by atoms with Crippen LogP contribution in [0.5, 0.6) is 5.75 Å². The number of ether oxygens (including phenoxy) is 1. The maximum atomic E-state index is 13.0. The van der Waals surface area contributed by atoms with E-state index in [9.17, 15) is 9.59 Å². The minimum absolute atomic E-state index is 0.0630. The standard InChI is InChI=1S/C25H28N2O3/c1-16(2)23(27-24(28)19-12-14-20(30-4)15-13-19)25(29)26-17(3)21-11-7-9-18-8-5-6-10-22(18)21/h5-17,23H,1-4H3,(H,26,29)(H,27,28). The summed E-state index contributed by atoms with van der Waals surface area (Å²) in [6.07, 6.45) is 0. The van der Waals surface area contributed by atoms with E-state index >= 15 is 0 Å². The molecule has 0 aliphatic heterocycles. The summed E-state index contributed by atoms with van der Waals surface area (Å²) < 4.78 is 5.13. The number of carbonyl (C=O) groups excluding carboxylic acids is 2. The molecule has 0 saturated heterocycles. The highest BCUT2D eigenvalue weighted by atomic mass is 16.5. The summed E-state index contributed by atoms with van der Waals surface area (Å²) in [5.74, 6) is 0.122. The molecule has 0 bridgehead atoms. The summed E-state index contributed by atoms with van der Waals surface area (Å²) in [6, 6.07) is 20.1. The van der Waals surface area contributed by atoms with Gasteiger partial charge in [-0.25, -0.2) is 0 Å². The predicted molar refractivity (Wildman–Crippen MR) is 120 cm³/mol. The Kier molecular flexibility index (Phi) is 6.72. The number of nitrogens with one attached hydrogen (secondary N) is 2. The molecule has 3 rings (SSSR count). The quantitative estimate of drug-likeness (QED) is 0.610. The van der Waals surface area contributed by atoms with Crippen LogP contribution in [-0.2, 0) is 4.79 Å². The lowest BCUT2D eigenvalue weighted by molar-refractivity contribution is -0.124. The van der Waals surface area contributed by atoms with Crippen LogP contribution in [0.3, 0.4) is 0 Å². The summed E-state index contributed by atoms with van der Waals surface area (Å²) in [4.78, 5) is 25.7. The second-order valence-corrected chi connectivity index (χ2v) is 7.72. The van der Waals surface area contributed by atoms with Crippen molar-refractivity contribution in [2.24, 2.45) is 5.92 Å². The Morgan fingerprint density at radius 3 is 2.17 bits per heavy atom. The summed E-state index contributed by atoms with van der Waals surface area (Å²) >= 11 is 0. The Bertz CT molecular complexity index is 1020. The van der Waals surface area contributed by atoms with Crippen LogP contribution in [0, 0.1) is 5.92 Å². The number of methoxy groups -OCH3 is 1.